The lowest BCUT2D eigenvalue weighted by Crippen LogP contribution is -2.58. The van der Waals surface area contributed by atoms with Crippen LogP contribution in [0.3, 0.4) is 0 Å². The molecule has 4 saturated heterocycles. The van der Waals surface area contributed by atoms with Crippen LogP contribution in [0.1, 0.15) is 110 Å². The summed E-state index contributed by atoms with van der Waals surface area (Å²) in [7, 11) is 1.84. The number of thioether (sulfide) groups is 2. The Morgan fingerprint density at radius 3 is 1.64 bits per heavy atom. The zero-order valence-electron chi connectivity index (χ0n) is 42.6. The maximum atomic E-state index is 14.4. The van der Waals surface area contributed by atoms with Gasteiger partial charge < -0.3 is 41.7 Å². The molecule has 0 unspecified atom stereocenters. The third-order valence-corrected chi connectivity index (χ3v) is 17.8. The number of carbonyl (C=O) groups is 6. The van der Waals surface area contributed by atoms with Crippen LogP contribution in [0, 0.1) is 46.3 Å². The summed E-state index contributed by atoms with van der Waals surface area (Å²) in [6.45, 7) is 13.8. The largest absolute Gasteiger partial charge is 0.368 e. The van der Waals surface area contributed by atoms with Crippen LogP contribution in [0.2, 0.25) is 0 Å². The van der Waals surface area contributed by atoms with Crippen LogP contribution in [0.25, 0.3) is 0 Å². The van der Waals surface area contributed by atoms with E-state index in [9.17, 15) is 28.8 Å². The summed E-state index contributed by atoms with van der Waals surface area (Å²) in [5.74, 6) is 10.3. The van der Waals surface area contributed by atoms with Crippen LogP contribution in [0.5, 0.6) is 0 Å². The first kappa shape index (κ1) is 56.3. The highest BCUT2D eigenvalue weighted by atomic mass is 32.2. The number of thiocarbonyl (C=S) groups is 2. The molecule has 0 aliphatic carbocycles. The summed E-state index contributed by atoms with van der Waals surface area (Å²) in [5.41, 5.74) is -0.0121. The fraction of sp³-hybridized carbons (Fsp3) is 0.556. The second kappa shape index (κ2) is 25.3. The normalized spacial score (nSPS) is 24.6. The van der Waals surface area contributed by atoms with Gasteiger partial charge in [0.15, 0.2) is 0 Å². The lowest BCUT2D eigenvalue weighted by atomic mass is 9.83. The Bertz CT molecular complexity index is 2300. The first-order valence-corrected chi connectivity index (χ1v) is 27.8. The Balaban J connectivity index is 1.08. The molecule has 4 heterocycles. The number of benzene rings is 2. The number of carbonyl (C=O) groups excluding carboxylic acids is 6. The minimum absolute atomic E-state index is 0.0279. The molecule has 0 spiro atoms. The smallest absolute Gasteiger partial charge is 0.247 e. The van der Waals surface area contributed by atoms with Gasteiger partial charge in [-0.3, -0.25) is 28.8 Å². The maximum Gasteiger partial charge on any atom is 0.247 e. The number of fused-ring (bicyclic) bond motifs is 2. The Morgan fingerprint density at radius 2 is 1.18 bits per heavy atom. The number of hydrogen-bond acceptors (Lipinski definition) is 11. The SMILES string of the molecule is CC[C@@H](C)C(=S)N[C@H]1CCS[C@H]2CC(C)(C)[C@@H](C(=O)N[C@H](C(=O)NCC#CC#CCNC(=O)[C@@H](NC(=O)[C@H]3N4C(=O)[C@@H](CC(=S)[C@H](C)NC)CCS[C@H]4CC3(C)C)c3ccccc3)c3ccccc3)N2C1=O. The molecule has 6 N–H and O–H groups in total. The molecule has 4 fully saturated rings. The molecule has 6 rings (SSSR count). The van der Waals surface area contributed by atoms with Crippen molar-refractivity contribution in [1.29, 1.82) is 0 Å². The van der Waals surface area contributed by atoms with Gasteiger partial charge in [-0.1, -0.05) is 138 Å². The third kappa shape index (κ3) is 13.6. The molecule has 72 heavy (non-hydrogen) atoms. The summed E-state index contributed by atoms with van der Waals surface area (Å²) in [5, 5.41) is 17.7. The van der Waals surface area contributed by atoms with E-state index >= 15 is 0 Å². The van der Waals surface area contributed by atoms with E-state index in [0.29, 0.717) is 48.2 Å². The van der Waals surface area contributed by atoms with Crippen LogP contribution in [0.4, 0.5) is 0 Å². The topological polar surface area (TPSA) is 181 Å². The fourth-order valence-electron chi connectivity index (χ4n) is 9.87. The molecule has 2 aromatic carbocycles. The Kier molecular flexibility index (Phi) is 19.8. The minimum atomic E-state index is -1.07. The number of nitrogens with zero attached hydrogens (tertiary/aromatic N) is 2. The van der Waals surface area contributed by atoms with Gasteiger partial charge in [0.2, 0.25) is 35.4 Å². The van der Waals surface area contributed by atoms with Crippen molar-refractivity contribution in [3.63, 3.8) is 0 Å². The predicted molar refractivity (Wildman–Crippen MR) is 294 cm³/mol. The molecular formula is C54H70N8O6S4. The number of hydrogen-bond donors (Lipinski definition) is 6. The number of amides is 6. The monoisotopic (exact) mass is 1050 g/mol. The second-order valence-electron chi connectivity index (χ2n) is 20.4. The summed E-state index contributed by atoms with van der Waals surface area (Å²) >= 11 is 14.7. The standard InChI is InChI=1S/C54H70N8O6S4/c1-9-33(2)50(70)58-38-25-29-72-41-32-54(6,7)45(62(41)52(38)68)49(66)60-43(36-22-16-13-17-23-36)47(64)57-27-19-11-10-18-26-56-46(63)42(35-20-14-12-15-21-35)59-48(65)44-53(4,5)31-40-61(44)51(67)37(24-28-71-40)30-39(69)34(3)55-8/h12-17,20-23,33-34,37-38,40-45,55H,9,24-32H2,1-8H3,(H,56,63)(H,57,64)(H,58,70)(H,59,65)(H,60,66)/t33-,34+,37-,38+,40+,41+,42+,43+,44-,45-/m1/s1. The molecule has 4 aliphatic heterocycles. The Hall–Kier alpha value is -4.98. The van der Waals surface area contributed by atoms with Gasteiger partial charge in [-0.2, -0.15) is 0 Å². The number of nitrogens with one attached hydrogen (secondary N) is 6. The molecule has 0 bridgehead atoms. The van der Waals surface area contributed by atoms with Crippen LogP contribution in [-0.4, -0.2) is 122 Å². The van der Waals surface area contributed by atoms with Crippen LogP contribution in [0.15, 0.2) is 60.7 Å². The summed E-state index contributed by atoms with van der Waals surface area (Å²) in [6.07, 6.45) is 3.80. The van der Waals surface area contributed by atoms with Crippen molar-refractivity contribution in [2.45, 2.75) is 134 Å². The summed E-state index contributed by atoms with van der Waals surface area (Å²) in [6, 6.07) is 13.5. The van der Waals surface area contributed by atoms with Crippen LogP contribution < -0.4 is 31.9 Å². The van der Waals surface area contributed by atoms with E-state index in [1.165, 1.54) is 0 Å². The molecule has 6 amide bonds. The second-order valence-corrected chi connectivity index (χ2v) is 23.9. The van der Waals surface area contributed by atoms with Crippen molar-refractivity contribution < 1.29 is 28.8 Å². The summed E-state index contributed by atoms with van der Waals surface area (Å²) < 4.78 is 0. The van der Waals surface area contributed by atoms with Gasteiger partial charge in [0, 0.05) is 22.7 Å². The van der Waals surface area contributed by atoms with Crippen molar-refractivity contribution in [3.05, 3.63) is 71.8 Å². The van der Waals surface area contributed by atoms with Gasteiger partial charge in [0.25, 0.3) is 0 Å². The van der Waals surface area contributed by atoms with Gasteiger partial charge in [-0.15, -0.1) is 23.5 Å². The molecule has 14 nitrogen and oxygen atoms in total. The lowest BCUT2D eigenvalue weighted by molar-refractivity contribution is -0.144. The molecule has 18 heteroatoms. The minimum Gasteiger partial charge on any atom is -0.368 e. The van der Waals surface area contributed by atoms with E-state index in [2.05, 4.69) is 55.6 Å². The highest BCUT2D eigenvalue weighted by molar-refractivity contribution is 8.00. The van der Waals surface area contributed by atoms with E-state index in [4.69, 9.17) is 24.4 Å². The van der Waals surface area contributed by atoms with Crippen molar-refractivity contribution in [2.75, 3.05) is 31.6 Å². The molecule has 4 aliphatic rings. The lowest BCUT2D eigenvalue weighted by Gasteiger charge is -2.35. The van der Waals surface area contributed by atoms with E-state index < -0.39 is 64.7 Å². The first-order valence-electron chi connectivity index (χ1n) is 24.9. The zero-order chi connectivity index (χ0) is 52.3. The van der Waals surface area contributed by atoms with E-state index in [0.717, 1.165) is 22.8 Å². The maximum absolute atomic E-state index is 14.4. The summed E-state index contributed by atoms with van der Waals surface area (Å²) in [4.78, 5) is 89.9. The molecule has 386 valence electrons. The van der Waals surface area contributed by atoms with Gasteiger partial charge in [-0.05, 0) is 97.8 Å². The van der Waals surface area contributed by atoms with E-state index in [1.807, 2.05) is 67.6 Å². The highest BCUT2D eigenvalue weighted by Gasteiger charge is 2.56. The third-order valence-electron chi connectivity index (χ3n) is 14.2. The molecule has 10 atom stereocenters. The Morgan fingerprint density at radius 1 is 0.722 bits per heavy atom. The van der Waals surface area contributed by atoms with Crippen molar-refractivity contribution in [2.24, 2.45) is 22.7 Å². The van der Waals surface area contributed by atoms with Crippen molar-refractivity contribution >= 4 is 93.3 Å². The van der Waals surface area contributed by atoms with Gasteiger partial charge >= 0.3 is 0 Å². The van der Waals surface area contributed by atoms with E-state index in [1.54, 1.807) is 81.9 Å². The zero-order valence-corrected chi connectivity index (χ0v) is 45.9. The first-order chi connectivity index (χ1) is 34.3. The Labute approximate surface area is 445 Å². The molecular weight excluding hydrogens is 985 g/mol. The van der Waals surface area contributed by atoms with Gasteiger partial charge in [0.1, 0.15) is 30.2 Å². The van der Waals surface area contributed by atoms with Gasteiger partial charge in [-0.25, -0.2) is 0 Å². The quantitative estimate of drug-likeness (QED) is 0.0875. The number of rotatable bonds is 17. The predicted octanol–water partition coefficient (Wildman–Crippen LogP) is 5.44. The molecule has 0 aromatic heterocycles. The van der Waals surface area contributed by atoms with Crippen LogP contribution >= 0.6 is 48.0 Å². The average molecular weight is 1060 g/mol. The van der Waals surface area contributed by atoms with E-state index in [-0.39, 0.29) is 53.5 Å². The average Bonchev–Trinajstić information content (AvgIpc) is 3.68. The highest BCUT2D eigenvalue weighted by Crippen LogP contribution is 2.48. The van der Waals surface area contributed by atoms with Crippen molar-refractivity contribution in [3.8, 4) is 23.7 Å². The van der Waals surface area contributed by atoms with Crippen LogP contribution in [-0.2, 0) is 28.8 Å². The van der Waals surface area contributed by atoms with Gasteiger partial charge in [0.05, 0.1) is 28.8 Å². The fourth-order valence-corrected chi connectivity index (χ4v) is 13.7. The molecule has 0 radical (unpaired) electrons. The van der Waals surface area contributed by atoms with Crippen molar-refractivity contribution in [1.82, 2.24) is 41.7 Å². The molecule has 2 aromatic rings. The molecule has 0 saturated carbocycles.